The Bertz CT molecular complexity index is 1470. The minimum atomic E-state index is -4.49. The van der Waals surface area contributed by atoms with Crippen LogP contribution in [-0.4, -0.2) is 32.1 Å². The summed E-state index contributed by atoms with van der Waals surface area (Å²) < 4.78 is 42.2. The van der Waals surface area contributed by atoms with Gasteiger partial charge in [-0.15, -0.1) is 12.4 Å². The molecule has 6 rings (SSSR count). The van der Waals surface area contributed by atoms with Gasteiger partial charge in [-0.2, -0.15) is 13.2 Å². The Hall–Kier alpha value is -3.10. The summed E-state index contributed by atoms with van der Waals surface area (Å²) in [6, 6.07) is 12.0. The molecule has 0 spiro atoms. The lowest BCUT2D eigenvalue weighted by Crippen LogP contribution is -2.31. The lowest BCUT2D eigenvalue weighted by molar-refractivity contribution is -0.141. The van der Waals surface area contributed by atoms with Crippen LogP contribution in [0.5, 0.6) is 0 Å². The molecule has 0 aliphatic carbocycles. The molecule has 5 heterocycles. The molecule has 0 N–H and O–H groups in total. The molecule has 0 saturated carbocycles. The molecule has 3 aromatic heterocycles. The minimum absolute atomic E-state index is 0. The maximum Gasteiger partial charge on any atom is 0.433 e. The van der Waals surface area contributed by atoms with E-state index in [-0.39, 0.29) is 18.0 Å². The van der Waals surface area contributed by atoms with Gasteiger partial charge in [0.25, 0.3) is 5.56 Å². The van der Waals surface area contributed by atoms with Gasteiger partial charge >= 0.3 is 6.18 Å². The predicted octanol–water partition coefficient (Wildman–Crippen LogP) is 5.52. The Labute approximate surface area is 206 Å². The maximum atomic E-state index is 13.0. The first-order valence-electron chi connectivity index (χ1n) is 11.4. The van der Waals surface area contributed by atoms with Crippen LogP contribution in [0.4, 0.5) is 13.2 Å². The third kappa shape index (κ3) is 3.85. The molecule has 1 saturated heterocycles. The quantitative estimate of drug-likeness (QED) is 0.364. The molecule has 5 nitrogen and oxygen atoms in total. The highest BCUT2D eigenvalue weighted by atomic mass is 35.5. The molecule has 182 valence electrons. The van der Waals surface area contributed by atoms with E-state index in [2.05, 4.69) is 27.6 Å². The van der Waals surface area contributed by atoms with Gasteiger partial charge in [0.05, 0.1) is 11.2 Å². The third-order valence-corrected chi connectivity index (χ3v) is 7.27. The molecular weight excluding hydrogens is 477 g/mol. The van der Waals surface area contributed by atoms with Gasteiger partial charge in [0.2, 0.25) is 0 Å². The number of pyridine rings is 2. The van der Waals surface area contributed by atoms with Crippen LogP contribution in [0.2, 0.25) is 0 Å². The molecule has 1 fully saturated rings. The van der Waals surface area contributed by atoms with Crippen molar-refractivity contribution in [3.63, 3.8) is 0 Å². The minimum Gasteiger partial charge on any atom is -0.347 e. The van der Waals surface area contributed by atoms with Crippen molar-refractivity contribution in [3.8, 4) is 16.8 Å². The van der Waals surface area contributed by atoms with Crippen LogP contribution in [0, 0.1) is 0 Å². The van der Waals surface area contributed by atoms with Gasteiger partial charge in [0.1, 0.15) is 5.69 Å². The summed E-state index contributed by atoms with van der Waals surface area (Å²) in [5.41, 5.74) is 4.47. The second kappa shape index (κ2) is 8.53. The van der Waals surface area contributed by atoms with Gasteiger partial charge < -0.3 is 4.57 Å². The van der Waals surface area contributed by atoms with Crippen LogP contribution in [0.3, 0.4) is 0 Å². The van der Waals surface area contributed by atoms with Crippen LogP contribution in [0.1, 0.15) is 35.8 Å². The highest BCUT2D eigenvalue weighted by molar-refractivity contribution is 5.88. The van der Waals surface area contributed by atoms with Crippen LogP contribution in [0.25, 0.3) is 27.7 Å². The fourth-order valence-electron chi connectivity index (χ4n) is 5.61. The van der Waals surface area contributed by atoms with Gasteiger partial charge in [-0.25, -0.2) is 0 Å². The van der Waals surface area contributed by atoms with Crippen molar-refractivity contribution in [2.24, 2.45) is 7.05 Å². The summed E-state index contributed by atoms with van der Waals surface area (Å²) >= 11 is 0. The second-order valence-corrected chi connectivity index (χ2v) is 9.12. The summed E-state index contributed by atoms with van der Waals surface area (Å²) in [6.45, 7) is 2.25. The van der Waals surface area contributed by atoms with E-state index >= 15 is 0 Å². The Balaban J connectivity index is 0.00000253. The summed E-state index contributed by atoms with van der Waals surface area (Å²) in [5, 5.41) is 1.25. The Morgan fingerprint density at radius 2 is 1.86 bits per heavy atom. The van der Waals surface area contributed by atoms with Crippen LogP contribution in [0.15, 0.2) is 59.7 Å². The van der Waals surface area contributed by atoms with Gasteiger partial charge in [0.15, 0.2) is 0 Å². The predicted molar refractivity (Wildman–Crippen MR) is 131 cm³/mol. The lowest BCUT2D eigenvalue weighted by atomic mass is 9.96. The van der Waals surface area contributed by atoms with E-state index in [9.17, 15) is 18.0 Å². The molecule has 4 aromatic rings. The van der Waals surface area contributed by atoms with Crippen molar-refractivity contribution in [2.75, 3.05) is 13.1 Å². The first-order valence-corrected chi connectivity index (χ1v) is 11.4. The SMILES string of the molecule is Cl.Cn1c2c(c3ccc(-n4ccc(-c5ccc(C(F)(F)F)nc5)cc4=O)cc31)C1CCCN1CC2. The summed E-state index contributed by atoms with van der Waals surface area (Å²) in [4.78, 5) is 19.0. The molecule has 9 heteroatoms. The highest BCUT2D eigenvalue weighted by Gasteiger charge is 2.35. The maximum absolute atomic E-state index is 13.0. The van der Waals surface area contributed by atoms with Crippen molar-refractivity contribution in [2.45, 2.75) is 31.5 Å². The topological polar surface area (TPSA) is 43.1 Å². The summed E-state index contributed by atoms with van der Waals surface area (Å²) in [7, 11) is 2.10. The zero-order valence-corrected chi connectivity index (χ0v) is 19.9. The fraction of sp³-hybridized carbons (Fsp3) is 0.308. The van der Waals surface area contributed by atoms with Crippen LogP contribution >= 0.6 is 12.4 Å². The Morgan fingerprint density at radius 3 is 2.57 bits per heavy atom. The average Bonchev–Trinajstić information content (AvgIpc) is 3.41. The van der Waals surface area contributed by atoms with E-state index in [1.807, 2.05) is 12.1 Å². The van der Waals surface area contributed by atoms with Crippen molar-refractivity contribution in [1.82, 2.24) is 19.0 Å². The molecular formula is C26H24ClF3N4O. The normalized spacial score (nSPS) is 17.8. The molecule has 0 bridgehead atoms. The largest absolute Gasteiger partial charge is 0.433 e. The first-order chi connectivity index (χ1) is 16.3. The molecule has 1 atom stereocenters. The molecule has 35 heavy (non-hydrogen) atoms. The average molecular weight is 501 g/mol. The molecule has 0 amide bonds. The van der Waals surface area contributed by atoms with E-state index in [1.165, 1.54) is 41.6 Å². The van der Waals surface area contributed by atoms with Gasteiger partial charge in [0, 0.05) is 61.2 Å². The monoisotopic (exact) mass is 500 g/mol. The van der Waals surface area contributed by atoms with E-state index in [4.69, 9.17) is 0 Å². The number of nitrogens with zero attached hydrogens (tertiary/aromatic N) is 4. The molecule has 2 aliphatic rings. The van der Waals surface area contributed by atoms with Crippen molar-refractivity contribution in [3.05, 3.63) is 82.2 Å². The number of halogens is 4. The fourth-order valence-corrected chi connectivity index (χ4v) is 5.61. The van der Waals surface area contributed by atoms with Gasteiger partial charge in [-0.3, -0.25) is 19.2 Å². The highest BCUT2D eigenvalue weighted by Crippen LogP contribution is 2.42. The molecule has 2 aliphatic heterocycles. The molecule has 1 aromatic carbocycles. The van der Waals surface area contributed by atoms with Gasteiger partial charge in [-0.1, -0.05) is 12.1 Å². The van der Waals surface area contributed by atoms with E-state index < -0.39 is 11.9 Å². The van der Waals surface area contributed by atoms with Crippen molar-refractivity contribution in [1.29, 1.82) is 0 Å². The zero-order chi connectivity index (χ0) is 23.6. The number of benzene rings is 1. The summed E-state index contributed by atoms with van der Waals surface area (Å²) in [6.07, 6.45) is 1.77. The van der Waals surface area contributed by atoms with E-state index in [0.717, 1.165) is 43.0 Å². The number of fused-ring (bicyclic) bond motifs is 5. The Morgan fingerprint density at radius 1 is 1.03 bits per heavy atom. The number of alkyl halides is 3. The molecule has 0 radical (unpaired) electrons. The standard InChI is InChI=1S/C26H23F3N4O.ClH/c1-31-20-9-11-32-10-2-3-21(32)25(20)19-6-5-18(14-22(19)31)33-12-8-16(13-24(33)34)17-4-7-23(30-15-17)26(27,28)29;/h4-8,12-15,21H,2-3,9-11H2,1H3;1H. The number of aryl methyl sites for hydroxylation is 1. The van der Waals surface area contributed by atoms with Crippen molar-refractivity contribution < 1.29 is 13.2 Å². The van der Waals surface area contributed by atoms with Crippen molar-refractivity contribution >= 4 is 23.3 Å². The number of rotatable bonds is 2. The first kappa shape index (κ1) is 23.6. The van der Waals surface area contributed by atoms with E-state index in [1.54, 1.807) is 16.8 Å². The summed E-state index contributed by atoms with van der Waals surface area (Å²) in [5.74, 6) is 0. The third-order valence-electron chi connectivity index (χ3n) is 7.27. The Kier molecular flexibility index (Phi) is 5.76. The number of hydrogen-bond acceptors (Lipinski definition) is 3. The number of aromatic nitrogens is 3. The van der Waals surface area contributed by atoms with Gasteiger partial charge in [-0.05, 0) is 54.8 Å². The zero-order valence-electron chi connectivity index (χ0n) is 19.0. The van der Waals surface area contributed by atoms with Crippen LogP contribution < -0.4 is 5.56 Å². The lowest BCUT2D eigenvalue weighted by Gasteiger charge is -2.30. The molecule has 1 unspecified atom stereocenters. The smallest absolute Gasteiger partial charge is 0.347 e. The second-order valence-electron chi connectivity index (χ2n) is 9.12. The van der Waals surface area contributed by atoms with E-state index in [0.29, 0.717) is 17.2 Å². The number of hydrogen-bond donors (Lipinski definition) is 0. The van der Waals surface area contributed by atoms with Crippen LogP contribution in [-0.2, 0) is 19.6 Å².